The van der Waals surface area contributed by atoms with Crippen molar-refractivity contribution in [2.75, 3.05) is 0 Å². The first kappa shape index (κ1) is 23.6. The van der Waals surface area contributed by atoms with Crippen LogP contribution in [-0.4, -0.2) is 20.4 Å². The fourth-order valence-corrected chi connectivity index (χ4v) is 4.30. The van der Waals surface area contributed by atoms with E-state index in [1.165, 1.54) is 6.21 Å². The van der Waals surface area contributed by atoms with E-state index in [4.69, 9.17) is 4.74 Å². The smallest absolute Gasteiger partial charge is 0.349 e. The fraction of sp³-hybridized carbons (Fsp3) is 0.103. The molecular weight excluding hydrogens is 466 g/mol. The van der Waals surface area contributed by atoms with Gasteiger partial charge in [0.2, 0.25) is 0 Å². The van der Waals surface area contributed by atoms with Gasteiger partial charge in [0.05, 0.1) is 28.8 Å². The van der Waals surface area contributed by atoms with Gasteiger partial charge in [-0.3, -0.25) is 4.79 Å². The number of hydrogen-bond acceptors (Lipinski definition) is 5. The molecule has 0 radical (unpaired) electrons. The molecule has 0 spiro atoms. The molecule has 8 heteroatoms. The van der Waals surface area contributed by atoms with Gasteiger partial charge in [-0.25, -0.2) is 4.79 Å². The van der Waals surface area contributed by atoms with E-state index in [-0.39, 0.29) is 0 Å². The molecule has 0 aliphatic carbocycles. The minimum absolute atomic E-state index is 0.304. The van der Waals surface area contributed by atoms with Crippen molar-refractivity contribution in [2.45, 2.75) is 20.5 Å². The number of aryl methyl sites for hydroxylation is 1. The Hall–Kier alpha value is -5.16. The van der Waals surface area contributed by atoms with Crippen molar-refractivity contribution >= 4 is 17.1 Å². The van der Waals surface area contributed by atoms with Crippen molar-refractivity contribution in [1.82, 2.24) is 14.2 Å². The number of hydrogen-bond donors (Lipinski definition) is 1. The summed E-state index contributed by atoms with van der Waals surface area (Å²) in [5, 5.41) is 13.8. The molecule has 0 saturated heterocycles. The Morgan fingerprint density at radius 3 is 2.51 bits per heavy atom. The Bertz CT molecular complexity index is 1800. The minimum atomic E-state index is -0.596. The highest BCUT2D eigenvalue weighted by atomic mass is 16.5. The first-order valence-corrected chi connectivity index (χ1v) is 11.6. The van der Waals surface area contributed by atoms with E-state index in [9.17, 15) is 14.9 Å². The number of nitrogens with zero attached hydrogens (tertiary/aromatic N) is 4. The van der Waals surface area contributed by atoms with Crippen LogP contribution in [0.1, 0.15) is 28.1 Å². The highest BCUT2D eigenvalue weighted by Crippen LogP contribution is 2.23. The van der Waals surface area contributed by atoms with Crippen molar-refractivity contribution in [3.63, 3.8) is 0 Å². The molecule has 3 aromatic carbocycles. The van der Waals surface area contributed by atoms with Crippen LogP contribution in [0.3, 0.4) is 0 Å². The van der Waals surface area contributed by atoms with Gasteiger partial charge in [0.15, 0.2) is 0 Å². The highest BCUT2D eigenvalue weighted by Gasteiger charge is 2.11. The van der Waals surface area contributed by atoms with Crippen LogP contribution >= 0.6 is 0 Å². The summed E-state index contributed by atoms with van der Waals surface area (Å²) in [6.45, 7) is 4.23. The Kier molecular flexibility index (Phi) is 6.27. The molecule has 37 heavy (non-hydrogen) atoms. The maximum atomic E-state index is 12.8. The minimum Gasteiger partial charge on any atom is -0.489 e. The summed E-state index contributed by atoms with van der Waals surface area (Å²) in [4.78, 5) is 27.9. The van der Waals surface area contributed by atoms with E-state index in [0.717, 1.165) is 32.9 Å². The average Bonchev–Trinajstić information content (AvgIpc) is 3.20. The maximum Gasteiger partial charge on any atom is 0.349 e. The molecule has 1 N–H and O–H groups in total. The van der Waals surface area contributed by atoms with E-state index in [1.54, 1.807) is 30.3 Å². The van der Waals surface area contributed by atoms with Gasteiger partial charge in [-0.2, -0.15) is 10.4 Å². The van der Waals surface area contributed by atoms with Crippen LogP contribution in [0.5, 0.6) is 5.75 Å². The van der Waals surface area contributed by atoms with Crippen LogP contribution < -0.4 is 16.0 Å². The number of para-hydroxylation sites is 1. The number of nitriles is 1. The molecule has 0 fully saturated rings. The summed E-state index contributed by atoms with van der Waals surface area (Å²) in [6, 6.07) is 26.0. The molecule has 0 aliphatic heterocycles. The normalized spacial score (nSPS) is 11.2. The number of rotatable bonds is 6. The topological polar surface area (TPSA) is 105 Å². The molecule has 0 unspecified atom stereocenters. The lowest BCUT2D eigenvalue weighted by molar-refractivity contribution is 0.306. The van der Waals surface area contributed by atoms with Gasteiger partial charge in [-0.1, -0.05) is 30.3 Å². The summed E-state index contributed by atoms with van der Waals surface area (Å²) in [7, 11) is 0. The quantitative estimate of drug-likeness (QED) is 0.356. The number of benzene rings is 3. The second kappa shape index (κ2) is 9.84. The van der Waals surface area contributed by atoms with Crippen LogP contribution in [0.4, 0.5) is 0 Å². The Labute approximate surface area is 212 Å². The van der Waals surface area contributed by atoms with E-state index in [2.05, 4.69) is 20.7 Å². The van der Waals surface area contributed by atoms with Gasteiger partial charge >= 0.3 is 5.69 Å². The third kappa shape index (κ3) is 4.58. The molecule has 5 aromatic rings. The SMILES string of the molecule is Cc1cc(C=Nn2c(=O)[nH]c3ccccc3c2=O)c(C)n1-c1ccc(OCc2ccccc2C#N)cc1. The Morgan fingerprint density at radius 2 is 1.73 bits per heavy atom. The second-order valence-corrected chi connectivity index (χ2v) is 8.55. The number of aromatic amines is 1. The number of H-pyrrole nitrogens is 1. The lowest BCUT2D eigenvalue weighted by atomic mass is 10.1. The first-order chi connectivity index (χ1) is 18.0. The van der Waals surface area contributed by atoms with Crippen molar-refractivity contribution in [2.24, 2.45) is 5.10 Å². The molecular formula is C29H23N5O3. The van der Waals surface area contributed by atoms with Crippen molar-refractivity contribution in [1.29, 1.82) is 5.26 Å². The summed E-state index contributed by atoms with van der Waals surface area (Å²) in [5.74, 6) is 0.690. The zero-order valence-electron chi connectivity index (χ0n) is 20.3. The zero-order valence-corrected chi connectivity index (χ0v) is 20.3. The number of fused-ring (bicyclic) bond motifs is 1. The summed E-state index contributed by atoms with van der Waals surface area (Å²) in [5.41, 5.74) is 4.42. The number of aromatic nitrogens is 3. The maximum absolute atomic E-state index is 12.8. The molecule has 0 bridgehead atoms. The van der Waals surface area contributed by atoms with E-state index >= 15 is 0 Å². The standard InChI is InChI=1S/C29H23N5O3/c1-19-15-23(17-31-34-28(35)26-9-5-6-10-27(26)32-29(34)36)20(2)33(19)24-11-13-25(14-12-24)37-18-22-8-4-3-7-21(22)16-30/h3-15,17H,18H2,1-2H3,(H,32,36). The van der Waals surface area contributed by atoms with Gasteiger partial charge in [0.1, 0.15) is 12.4 Å². The van der Waals surface area contributed by atoms with Crippen LogP contribution in [0.15, 0.2) is 93.6 Å². The van der Waals surface area contributed by atoms with Gasteiger partial charge in [-0.15, -0.1) is 4.68 Å². The van der Waals surface area contributed by atoms with E-state index < -0.39 is 11.2 Å². The van der Waals surface area contributed by atoms with E-state index in [0.29, 0.717) is 28.8 Å². The van der Waals surface area contributed by atoms with Crippen LogP contribution in [-0.2, 0) is 6.61 Å². The zero-order chi connectivity index (χ0) is 25.9. The fourth-order valence-electron chi connectivity index (χ4n) is 4.30. The van der Waals surface area contributed by atoms with Gasteiger partial charge in [0.25, 0.3) is 5.56 Å². The summed E-state index contributed by atoms with van der Waals surface area (Å²) < 4.78 is 8.78. The molecule has 0 atom stereocenters. The molecule has 5 rings (SSSR count). The molecule has 0 aliphatic rings. The predicted octanol–water partition coefficient (Wildman–Crippen LogP) is 4.43. The highest BCUT2D eigenvalue weighted by molar-refractivity contribution is 5.82. The third-order valence-electron chi connectivity index (χ3n) is 6.19. The van der Waals surface area contributed by atoms with Crippen LogP contribution in [0.25, 0.3) is 16.6 Å². The monoisotopic (exact) mass is 489 g/mol. The Balaban J connectivity index is 1.39. The number of nitrogens with one attached hydrogen (secondary N) is 1. The average molecular weight is 490 g/mol. The van der Waals surface area contributed by atoms with E-state index in [1.807, 2.05) is 62.4 Å². The van der Waals surface area contributed by atoms with Crippen LogP contribution in [0, 0.1) is 25.2 Å². The Morgan fingerprint density at radius 1 is 1.00 bits per heavy atom. The molecule has 8 nitrogen and oxygen atoms in total. The summed E-state index contributed by atoms with van der Waals surface area (Å²) in [6.07, 6.45) is 1.52. The predicted molar refractivity (Wildman–Crippen MR) is 143 cm³/mol. The largest absolute Gasteiger partial charge is 0.489 e. The summed E-state index contributed by atoms with van der Waals surface area (Å²) >= 11 is 0. The molecule has 182 valence electrons. The van der Waals surface area contributed by atoms with Gasteiger partial charge in [-0.05, 0) is 62.4 Å². The lowest BCUT2D eigenvalue weighted by Crippen LogP contribution is -2.32. The van der Waals surface area contributed by atoms with Crippen molar-refractivity contribution < 1.29 is 4.74 Å². The molecule has 0 amide bonds. The van der Waals surface area contributed by atoms with Crippen LogP contribution in [0.2, 0.25) is 0 Å². The van der Waals surface area contributed by atoms with Crippen molar-refractivity contribution in [3.05, 3.63) is 128 Å². The molecule has 2 aromatic heterocycles. The van der Waals surface area contributed by atoms with Gasteiger partial charge < -0.3 is 14.3 Å². The molecule has 0 saturated carbocycles. The third-order valence-corrected chi connectivity index (χ3v) is 6.19. The molecule has 2 heterocycles. The second-order valence-electron chi connectivity index (χ2n) is 8.55. The van der Waals surface area contributed by atoms with Gasteiger partial charge in [0, 0.05) is 28.2 Å². The first-order valence-electron chi connectivity index (χ1n) is 11.6. The lowest BCUT2D eigenvalue weighted by Gasteiger charge is -2.12. The van der Waals surface area contributed by atoms with Crippen molar-refractivity contribution in [3.8, 4) is 17.5 Å². The number of ether oxygens (including phenoxy) is 1.